The molecule has 1 saturated heterocycles. The van der Waals surface area contributed by atoms with Crippen LogP contribution >= 0.6 is 0 Å². The lowest BCUT2D eigenvalue weighted by Gasteiger charge is -2.33. The highest BCUT2D eigenvalue weighted by molar-refractivity contribution is 5.90. The van der Waals surface area contributed by atoms with Crippen molar-refractivity contribution in [2.24, 2.45) is 0 Å². The van der Waals surface area contributed by atoms with Gasteiger partial charge in [0, 0.05) is 57.5 Å². The highest BCUT2D eigenvalue weighted by Crippen LogP contribution is 2.14. The molecule has 0 unspecified atom stereocenters. The molecule has 1 aliphatic rings. The maximum Gasteiger partial charge on any atom is 0.316 e. The molecule has 0 atom stereocenters. The van der Waals surface area contributed by atoms with Gasteiger partial charge in [-0.15, -0.1) is 0 Å². The van der Waals surface area contributed by atoms with Crippen LogP contribution in [0.1, 0.15) is 16.2 Å². The quantitative estimate of drug-likeness (QED) is 0.683. The Morgan fingerprint density at radius 1 is 1.08 bits per heavy atom. The maximum absolute atomic E-state index is 12.6. The van der Waals surface area contributed by atoms with Gasteiger partial charge in [-0.3, -0.25) is 19.7 Å². The molecule has 0 bridgehead atoms. The lowest BCUT2D eigenvalue weighted by Crippen LogP contribution is -2.48. The second-order valence-electron chi connectivity index (χ2n) is 5.94. The van der Waals surface area contributed by atoms with Gasteiger partial charge in [0.25, 0.3) is 0 Å². The van der Waals surface area contributed by atoms with Crippen LogP contribution in [0.25, 0.3) is 11.5 Å². The molecule has 26 heavy (non-hydrogen) atoms. The first-order valence-corrected chi connectivity index (χ1v) is 8.30. The molecule has 9 heteroatoms. The summed E-state index contributed by atoms with van der Waals surface area (Å²) in [4.78, 5) is 32.9. The summed E-state index contributed by atoms with van der Waals surface area (Å²) in [5.74, 6) is -0.0169. The molecule has 4 rings (SSSR count). The molecule has 0 N–H and O–H groups in total. The minimum absolute atomic E-state index is 0.0219. The van der Waals surface area contributed by atoms with Gasteiger partial charge in [0.05, 0.1) is 6.20 Å². The molecule has 3 aromatic rings. The Kier molecular flexibility index (Phi) is 4.61. The normalized spacial score (nSPS) is 15.2. The number of pyridine rings is 1. The van der Waals surface area contributed by atoms with Crippen LogP contribution in [0.4, 0.5) is 0 Å². The number of piperazine rings is 1. The van der Waals surface area contributed by atoms with E-state index >= 15 is 0 Å². The van der Waals surface area contributed by atoms with Crippen molar-refractivity contribution in [1.82, 2.24) is 34.9 Å². The summed E-state index contributed by atoms with van der Waals surface area (Å²) < 4.78 is 5.11. The number of amides is 1. The van der Waals surface area contributed by atoms with Gasteiger partial charge in [0.15, 0.2) is 0 Å². The first-order chi connectivity index (χ1) is 12.8. The fraction of sp³-hybridized carbons (Fsp3) is 0.294. The van der Waals surface area contributed by atoms with Gasteiger partial charge in [0.1, 0.15) is 5.69 Å². The molecule has 9 nitrogen and oxygen atoms in total. The average molecular weight is 351 g/mol. The van der Waals surface area contributed by atoms with E-state index in [4.69, 9.17) is 4.52 Å². The van der Waals surface area contributed by atoms with Gasteiger partial charge < -0.3 is 9.42 Å². The summed E-state index contributed by atoms with van der Waals surface area (Å²) in [6, 6.07) is 3.98. The third kappa shape index (κ3) is 3.57. The topological polar surface area (TPSA) is 101 Å². The van der Waals surface area contributed by atoms with Crippen LogP contribution in [0.3, 0.4) is 0 Å². The van der Waals surface area contributed by atoms with E-state index in [0.29, 0.717) is 18.8 Å². The summed E-state index contributed by atoms with van der Waals surface area (Å²) >= 11 is 0. The molecular weight excluding hydrogens is 334 g/mol. The standard InChI is InChI=1S/C17H17N7O2/c25-17(16-21-15(22-26-16)14-11-19-4-5-20-14)24-8-6-23(7-9-24)12-13-2-1-3-18-10-13/h1-5,10-11H,6-9,12H2. The second-order valence-corrected chi connectivity index (χ2v) is 5.94. The van der Waals surface area contributed by atoms with Crippen molar-refractivity contribution in [2.45, 2.75) is 6.54 Å². The number of hydrogen-bond acceptors (Lipinski definition) is 8. The second kappa shape index (κ2) is 7.36. The Morgan fingerprint density at radius 3 is 2.65 bits per heavy atom. The summed E-state index contributed by atoms with van der Waals surface area (Å²) in [5, 5.41) is 3.82. The molecule has 0 spiro atoms. The van der Waals surface area contributed by atoms with Crippen molar-refractivity contribution < 1.29 is 9.32 Å². The number of nitrogens with zero attached hydrogens (tertiary/aromatic N) is 7. The molecule has 4 heterocycles. The van der Waals surface area contributed by atoms with Crippen molar-refractivity contribution in [2.75, 3.05) is 26.2 Å². The van der Waals surface area contributed by atoms with Crippen LogP contribution in [-0.2, 0) is 6.54 Å². The summed E-state index contributed by atoms with van der Waals surface area (Å²) in [6.07, 6.45) is 8.25. The highest BCUT2D eigenvalue weighted by Gasteiger charge is 2.26. The maximum atomic E-state index is 12.6. The lowest BCUT2D eigenvalue weighted by atomic mass is 10.2. The van der Waals surface area contributed by atoms with E-state index in [-0.39, 0.29) is 17.6 Å². The van der Waals surface area contributed by atoms with E-state index in [0.717, 1.165) is 25.2 Å². The molecule has 1 amide bonds. The van der Waals surface area contributed by atoms with Gasteiger partial charge in [0.2, 0.25) is 5.82 Å². The summed E-state index contributed by atoms with van der Waals surface area (Å²) in [7, 11) is 0. The van der Waals surface area contributed by atoms with Crippen LogP contribution < -0.4 is 0 Å². The summed E-state index contributed by atoms with van der Waals surface area (Å²) in [5.41, 5.74) is 1.63. The Labute approximate surface area is 149 Å². The predicted molar refractivity (Wildman–Crippen MR) is 90.7 cm³/mol. The lowest BCUT2D eigenvalue weighted by molar-refractivity contribution is 0.0581. The Morgan fingerprint density at radius 2 is 1.92 bits per heavy atom. The largest absolute Gasteiger partial charge is 0.332 e. The monoisotopic (exact) mass is 351 g/mol. The third-order valence-electron chi connectivity index (χ3n) is 4.19. The number of carbonyl (C=O) groups is 1. The van der Waals surface area contributed by atoms with Crippen molar-refractivity contribution >= 4 is 5.91 Å². The van der Waals surface area contributed by atoms with Gasteiger partial charge in [-0.1, -0.05) is 11.2 Å². The van der Waals surface area contributed by atoms with Gasteiger partial charge >= 0.3 is 11.8 Å². The van der Waals surface area contributed by atoms with Crippen LogP contribution in [-0.4, -0.2) is 67.0 Å². The van der Waals surface area contributed by atoms with E-state index in [1.165, 1.54) is 12.4 Å². The van der Waals surface area contributed by atoms with Crippen molar-refractivity contribution in [3.05, 3.63) is 54.6 Å². The van der Waals surface area contributed by atoms with Crippen LogP contribution in [0, 0.1) is 0 Å². The average Bonchev–Trinajstić information content (AvgIpc) is 3.20. The molecule has 1 fully saturated rings. The van der Waals surface area contributed by atoms with Crippen LogP contribution in [0.5, 0.6) is 0 Å². The number of carbonyl (C=O) groups excluding carboxylic acids is 1. The van der Waals surface area contributed by atoms with Crippen molar-refractivity contribution in [3.8, 4) is 11.5 Å². The minimum Gasteiger partial charge on any atom is -0.332 e. The first kappa shape index (κ1) is 16.3. The Bertz CT molecular complexity index is 861. The number of hydrogen-bond donors (Lipinski definition) is 0. The Hall–Kier alpha value is -3.20. The molecule has 3 aromatic heterocycles. The highest BCUT2D eigenvalue weighted by atomic mass is 16.5. The van der Waals surface area contributed by atoms with E-state index in [1.54, 1.807) is 17.3 Å². The molecule has 0 saturated carbocycles. The summed E-state index contributed by atoms with van der Waals surface area (Å²) in [6.45, 7) is 3.62. The first-order valence-electron chi connectivity index (χ1n) is 8.30. The van der Waals surface area contributed by atoms with Gasteiger partial charge in [-0.25, -0.2) is 4.98 Å². The van der Waals surface area contributed by atoms with Crippen molar-refractivity contribution in [3.63, 3.8) is 0 Å². The Balaban J connectivity index is 1.36. The van der Waals surface area contributed by atoms with E-state index in [9.17, 15) is 4.79 Å². The van der Waals surface area contributed by atoms with Crippen LogP contribution in [0.15, 0.2) is 47.6 Å². The van der Waals surface area contributed by atoms with E-state index in [2.05, 4.69) is 36.1 Å². The van der Waals surface area contributed by atoms with Crippen molar-refractivity contribution in [1.29, 1.82) is 0 Å². The zero-order valence-electron chi connectivity index (χ0n) is 14.0. The fourth-order valence-corrected chi connectivity index (χ4v) is 2.82. The third-order valence-corrected chi connectivity index (χ3v) is 4.19. The molecule has 132 valence electrons. The fourth-order valence-electron chi connectivity index (χ4n) is 2.82. The minimum atomic E-state index is -0.256. The zero-order chi connectivity index (χ0) is 17.8. The van der Waals surface area contributed by atoms with E-state index < -0.39 is 0 Å². The number of rotatable bonds is 4. The predicted octanol–water partition coefficient (Wildman–Crippen LogP) is 0.880. The molecule has 0 aromatic carbocycles. The molecule has 1 aliphatic heterocycles. The molecular formula is C17H17N7O2. The smallest absolute Gasteiger partial charge is 0.316 e. The number of aromatic nitrogens is 5. The molecule has 0 aliphatic carbocycles. The van der Waals surface area contributed by atoms with Crippen LogP contribution in [0.2, 0.25) is 0 Å². The van der Waals surface area contributed by atoms with Gasteiger partial charge in [-0.2, -0.15) is 4.98 Å². The SMILES string of the molecule is O=C(c1nc(-c2cnccn2)no1)N1CCN(Cc2cccnc2)CC1. The van der Waals surface area contributed by atoms with Gasteiger partial charge in [-0.05, 0) is 11.6 Å². The zero-order valence-corrected chi connectivity index (χ0v) is 14.0. The van der Waals surface area contributed by atoms with E-state index in [1.807, 2.05) is 12.3 Å². The molecule has 0 radical (unpaired) electrons.